The molecule has 26 heavy (non-hydrogen) atoms. The first-order valence-corrected chi connectivity index (χ1v) is 10.2. The number of rotatable bonds is 7. The first-order chi connectivity index (χ1) is 12.7. The Kier molecular flexibility index (Phi) is 6.55. The van der Waals surface area contributed by atoms with Crippen LogP contribution in [0.4, 0.5) is 5.95 Å². The predicted octanol–water partition coefficient (Wildman–Crippen LogP) is 3.69. The van der Waals surface area contributed by atoms with Crippen molar-refractivity contribution in [1.29, 1.82) is 0 Å². The molecule has 1 aliphatic rings. The topological polar surface area (TPSA) is 60.2 Å². The van der Waals surface area contributed by atoms with Gasteiger partial charge in [0, 0.05) is 13.1 Å². The number of carbonyl (C=O) groups is 1. The third-order valence-electron chi connectivity index (χ3n) is 4.33. The number of para-hydroxylation sites is 1. The first-order valence-electron chi connectivity index (χ1n) is 9.29. The van der Waals surface area contributed by atoms with E-state index in [1.807, 2.05) is 44.2 Å². The van der Waals surface area contributed by atoms with Crippen LogP contribution in [0.3, 0.4) is 0 Å². The van der Waals surface area contributed by atoms with Gasteiger partial charge in [0.15, 0.2) is 5.16 Å². The SMILES string of the molecule is CCCOC(=O)C(C)Sc1nnc(N2CCCCC2)n1-c1ccccc1. The van der Waals surface area contributed by atoms with E-state index in [0.29, 0.717) is 6.61 Å². The van der Waals surface area contributed by atoms with Crippen LogP contribution >= 0.6 is 11.8 Å². The van der Waals surface area contributed by atoms with E-state index in [9.17, 15) is 4.79 Å². The summed E-state index contributed by atoms with van der Waals surface area (Å²) in [6, 6.07) is 10.1. The number of nitrogens with zero attached hydrogens (tertiary/aromatic N) is 4. The monoisotopic (exact) mass is 374 g/mol. The maximum Gasteiger partial charge on any atom is 0.319 e. The van der Waals surface area contributed by atoms with Crippen LogP contribution in [0.25, 0.3) is 5.69 Å². The van der Waals surface area contributed by atoms with E-state index in [1.165, 1.54) is 31.0 Å². The van der Waals surface area contributed by atoms with Gasteiger partial charge in [-0.2, -0.15) is 0 Å². The van der Waals surface area contributed by atoms with Crippen LogP contribution in [0.2, 0.25) is 0 Å². The highest BCUT2D eigenvalue weighted by atomic mass is 32.2. The van der Waals surface area contributed by atoms with Gasteiger partial charge >= 0.3 is 5.97 Å². The van der Waals surface area contributed by atoms with E-state index >= 15 is 0 Å². The number of benzene rings is 1. The summed E-state index contributed by atoms with van der Waals surface area (Å²) >= 11 is 1.40. The summed E-state index contributed by atoms with van der Waals surface area (Å²) in [4.78, 5) is 14.4. The van der Waals surface area contributed by atoms with Crippen molar-refractivity contribution in [1.82, 2.24) is 14.8 Å². The number of hydrogen-bond acceptors (Lipinski definition) is 6. The summed E-state index contributed by atoms with van der Waals surface area (Å²) in [5.74, 6) is 0.645. The van der Waals surface area contributed by atoms with Crippen molar-refractivity contribution in [2.24, 2.45) is 0 Å². The van der Waals surface area contributed by atoms with Gasteiger partial charge in [0.25, 0.3) is 0 Å². The molecule has 7 heteroatoms. The van der Waals surface area contributed by atoms with Crippen molar-refractivity contribution < 1.29 is 9.53 Å². The Balaban J connectivity index is 1.87. The van der Waals surface area contributed by atoms with Crippen molar-refractivity contribution in [2.75, 3.05) is 24.6 Å². The Morgan fingerprint density at radius 2 is 1.92 bits per heavy atom. The van der Waals surface area contributed by atoms with E-state index in [0.717, 1.165) is 36.3 Å². The minimum absolute atomic E-state index is 0.209. The smallest absolute Gasteiger partial charge is 0.319 e. The van der Waals surface area contributed by atoms with Crippen LogP contribution in [0.1, 0.15) is 39.5 Å². The molecular weight excluding hydrogens is 348 g/mol. The molecule has 3 rings (SSSR count). The lowest BCUT2D eigenvalue weighted by Crippen LogP contribution is -2.31. The summed E-state index contributed by atoms with van der Waals surface area (Å²) in [7, 11) is 0. The van der Waals surface area contributed by atoms with Gasteiger partial charge in [-0.05, 0) is 44.7 Å². The highest BCUT2D eigenvalue weighted by Crippen LogP contribution is 2.30. The molecule has 1 saturated heterocycles. The molecule has 1 aromatic carbocycles. The fraction of sp³-hybridized carbons (Fsp3) is 0.526. The molecule has 6 nitrogen and oxygen atoms in total. The van der Waals surface area contributed by atoms with Gasteiger partial charge in [-0.15, -0.1) is 10.2 Å². The third-order valence-corrected chi connectivity index (χ3v) is 5.35. The molecule has 140 valence electrons. The number of ether oxygens (including phenoxy) is 1. The number of aromatic nitrogens is 3. The molecule has 0 spiro atoms. The fourth-order valence-corrected chi connectivity index (χ4v) is 3.83. The Labute approximate surface area is 158 Å². The number of piperidine rings is 1. The number of anilines is 1. The second-order valence-corrected chi connectivity index (χ2v) is 7.74. The van der Waals surface area contributed by atoms with Gasteiger partial charge < -0.3 is 9.64 Å². The average molecular weight is 375 g/mol. The quantitative estimate of drug-likeness (QED) is 0.544. The molecule has 0 bridgehead atoms. The largest absolute Gasteiger partial charge is 0.465 e. The lowest BCUT2D eigenvalue weighted by molar-refractivity contribution is -0.142. The van der Waals surface area contributed by atoms with Gasteiger partial charge in [-0.3, -0.25) is 9.36 Å². The Bertz CT molecular complexity index is 714. The normalized spacial score (nSPS) is 15.7. The van der Waals surface area contributed by atoms with Crippen LogP contribution in [0.5, 0.6) is 0 Å². The lowest BCUT2D eigenvalue weighted by Gasteiger charge is -2.27. The number of thioether (sulfide) groups is 1. The molecule has 2 aromatic rings. The molecule has 1 aromatic heterocycles. The lowest BCUT2D eigenvalue weighted by atomic mass is 10.1. The summed E-state index contributed by atoms with van der Waals surface area (Å²) in [6.07, 6.45) is 4.42. The molecule has 1 unspecified atom stereocenters. The van der Waals surface area contributed by atoms with Gasteiger partial charge in [-0.1, -0.05) is 36.9 Å². The number of esters is 1. The highest BCUT2D eigenvalue weighted by molar-refractivity contribution is 8.00. The molecule has 0 amide bonds. The van der Waals surface area contributed by atoms with E-state index in [-0.39, 0.29) is 11.2 Å². The molecule has 0 aliphatic carbocycles. The van der Waals surface area contributed by atoms with Crippen molar-refractivity contribution in [3.05, 3.63) is 30.3 Å². The van der Waals surface area contributed by atoms with Crippen LogP contribution in [-0.4, -0.2) is 45.7 Å². The second-order valence-electron chi connectivity index (χ2n) is 6.43. The molecule has 1 fully saturated rings. The average Bonchev–Trinajstić information content (AvgIpc) is 3.10. The van der Waals surface area contributed by atoms with E-state index in [4.69, 9.17) is 4.74 Å². The summed E-state index contributed by atoms with van der Waals surface area (Å²) in [6.45, 7) is 6.27. The van der Waals surface area contributed by atoms with E-state index in [2.05, 4.69) is 19.7 Å². The van der Waals surface area contributed by atoms with Gasteiger partial charge in [0.2, 0.25) is 5.95 Å². The first kappa shape index (κ1) is 18.8. The number of hydrogen-bond donors (Lipinski definition) is 0. The Hall–Kier alpha value is -2.02. The minimum atomic E-state index is -0.331. The Morgan fingerprint density at radius 1 is 1.19 bits per heavy atom. The molecular formula is C19H26N4O2S. The van der Waals surface area contributed by atoms with Crippen molar-refractivity contribution >= 4 is 23.7 Å². The zero-order valence-corrected chi connectivity index (χ0v) is 16.2. The third kappa shape index (κ3) is 4.38. The van der Waals surface area contributed by atoms with Gasteiger partial charge in [-0.25, -0.2) is 0 Å². The zero-order valence-electron chi connectivity index (χ0n) is 15.4. The summed E-state index contributed by atoms with van der Waals surface area (Å²) in [5.41, 5.74) is 1.01. The van der Waals surface area contributed by atoms with Crippen LogP contribution in [-0.2, 0) is 9.53 Å². The Morgan fingerprint density at radius 3 is 2.62 bits per heavy atom. The summed E-state index contributed by atoms with van der Waals surface area (Å²) in [5, 5.41) is 9.24. The molecule has 0 N–H and O–H groups in total. The molecule has 0 saturated carbocycles. The van der Waals surface area contributed by atoms with Crippen molar-refractivity contribution in [2.45, 2.75) is 49.9 Å². The van der Waals surface area contributed by atoms with Crippen LogP contribution < -0.4 is 4.90 Å². The van der Waals surface area contributed by atoms with E-state index < -0.39 is 0 Å². The zero-order chi connectivity index (χ0) is 18.4. The molecule has 1 aliphatic heterocycles. The second kappa shape index (κ2) is 9.07. The summed E-state index contributed by atoms with van der Waals surface area (Å²) < 4.78 is 7.32. The number of carbonyl (C=O) groups excluding carboxylic acids is 1. The van der Waals surface area contributed by atoms with Crippen molar-refractivity contribution in [3.63, 3.8) is 0 Å². The molecule has 1 atom stereocenters. The highest BCUT2D eigenvalue weighted by Gasteiger charge is 2.25. The standard InChI is InChI=1S/C19H26N4O2S/c1-3-14-25-17(24)15(2)26-19-21-20-18(22-12-8-5-9-13-22)23(19)16-10-6-4-7-11-16/h4,6-7,10-11,15H,3,5,8-9,12-14H2,1-2H3. The van der Waals surface area contributed by atoms with Crippen LogP contribution in [0, 0.1) is 0 Å². The fourth-order valence-electron chi connectivity index (χ4n) is 2.97. The maximum atomic E-state index is 12.2. The van der Waals surface area contributed by atoms with E-state index in [1.54, 1.807) is 0 Å². The van der Waals surface area contributed by atoms with Gasteiger partial charge in [0.1, 0.15) is 5.25 Å². The van der Waals surface area contributed by atoms with Crippen molar-refractivity contribution in [3.8, 4) is 5.69 Å². The molecule has 2 heterocycles. The maximum absolute atomic E-state index is 12.2. The van der Waals surface area contributed by atoms with Crippen LogP contribution in [0.15, 0.2) is 35.5 Å². The van der Waals surface area contributed by atoms with Gasteiger partial charge in [0.05, 0.1) is 12.3 Å². The molecule has 0 radical (unpaired) electrons. The predicted molar refractivity (Wildman–Crippen MR) is 104 cm³/mol. The minimum Gasteiger partial charge on any atom is -0.465 e.